The highest BCUT2D eigenvalue weighted by Gasteiger charge is 2.01. The summed E-state index contributed by atoms with van der Waals surface area (Å²) in [6.07, 6.45) is 24.0. The molecule has 0 aliphatic rings. The molecule has 1 heteroatoms. The molecule has 31 heavy (non-hydrogen) atoms. The molecule has 0 aromatic carbocycles. The maximum Gasteiger partial charge on any atom is 0.0553 e. The van der Waals surface area contributed by atoms with Crippen LogP contribution < -0.4 is 0 Å². The van der Waals surface area contributed by atoms with E-state index in [9.17, 15) is 0 Å². The minimum atomic E-state index is 0.0963. The second-order valence-corrected chi connectivity index (χ2v) is 10.2. The predicted octanol–water partition coefficient (Wildman–Crippen LogP) is 10.8. The molecule has 0 radical (unpaired) electrons. The smallest absolute Gasteiger partial charge is 0.0553 e. The zero-order valence-corrected chi connectivity index (χ0v) is 22.5. The molecule has 0 rings (SSSR count). The van der Waals surface area contributed by atoms with Gasteiger partial charge in [0.05, 0.1) is 5.38 Å². The fraction of sp³-hybridized carbons (Fsp3) is 0.600. The van der Waals surface area contributed by atoms with Crippen LogP contribution in [0.4, 0.5) is 0 Å². The standard InChI is InChI=1S/C30H49Cl/c1-24(2)13-9-15-26(5)17-11-19-28(7)21-22-30(31)23-29(8)20-12-18-27(6)16-10-14-25(3)4/h13-14,17-18,21,23,30H,9-12,15-16,19-20,22H2,1-8H3. The van der Waals surface area contributed by atoms with Crippen molar-refractivity contribution in [1.82, 2.24) is 0 Å². The molecule has 0 amide bonds. The summed E-state index contributed by atoms with van der Waals surface area (Å²) < 4.78 is 0. The molecule has 0 bridgehead atoms. The van der Waals surface area contributed by atoms with Gasteiger partial charge in [-0.1, -0.05) is 69.9 Å². The van der Waals surface area contributed by atoms with Crippen molar-refractivity contribution in [3.8, 4) is 0 Å². The lowest BCUT2D eigenvalue weighted by atomic mass is 10.0. The molecule has 1 unspecified atom stereocenters. The Hall–Kier alpha value is -1.27. The van der Waals surface area contributed by atoms with Gasteiger partial charge in [0.15, 0.2) is 0 Å². The summed E-state index contributed by atoms with van der Waals surface area (Å²) in [5.41, 5.74) is 8.65. The Morgan fingerprint density at radius 3 is 1.29 bits per heavy atom. The van der Waals surface area contributed by atoms with E-state index in [1.165, 1.54) is 46.3 Å². The first kappa shape index (κ1) is 29.7. The third kappa shape index (κ3) is 20.4. The van der Waals surface area contributed by atoms with Crippen LogP contribution in [-0.4, -0.2) is 5.38 Å². The molecule has 0 nitrogen and oxygen atoms in total. The van der Waals surface area contributed by atoms with Crippen molar-refractivity contribution in [3.63, 3.8) is 0 Å². The monoisotopic (exact) mass is 444 g/mol. The van der Waals surface area contributed by atoms with E-state index in [2.05, 4.69) is 91.8 Å². The third-order valence-electron chi connectivity index (χ3n) is 5.40. The minimum Gasteiger partial charge on any atom is -0.118 e. The van der Waals surface area contributed by atoms with Crippen LogP contribution in [0.5, 0.6) is 0 Å². The van der Waals surface area contributed by atoms with Crippen LogP contribution in [0.15, 0.2) is 69.9 Å². The summed E-state index contributed by atoms with van der Waals surface area (Å²) in [5, 5.41) is 0.0963. The molecule has 0 aliphatic heterocycles. The van der Waals surface area contributed by atoms with Gasteiger partial charge in [0.25, 0.3) is 0 Å². The Labute approximate surface area is 199 Å². The number of hydrogen-bond acceptors (Lipinski definition) is 0. The normalized spacial score (nSPS) is 14.5. The molecule has 0 aromatic rings. The number of allylic oxidation sites excluding steroid dienone is 12. The number of rotatable bonds is 15. The fourth-order valence-electron chi connectivity index (χ4n) is 3.35. The largest absolute Gasteiger partial charge is 0.118 e. The molecule has 0 N–H and O–H groups in total. The lowest BCUT2D eigenvalue weighted by molar-refractivity contribution is 0.897. The van der Waals surface area contributed by atoms with Crippen LogP contribution in [-0.2, 0) is 0 Å². The molecule has 0 aliphatic carbocycles. The molecular weight excluding hydrogens is 396 g/mol. The summed E-state index contributed by atoms with van der Waals surface area (Å²) in [7, 11) is 0. The summed E-state index contributed by atoms with van der Waals surface area (Å²) >= 11 is 6.57. The molecule has 0 heterocycles. The maximum absolute atomic E-state index is 6.57. The Kier molecular flexibility index (Phi) is 17.6. The topological polar surface area (TPSA) is 0 Å². The van der Waals surface area contributed by atoms with Gasteiger partial charge < -0.3 is 0 Å². The van der Waals surface area contributed by atoms with Crippen molar-refractivity contribution < 1.29 is 0 Å². The highest BCUT2D eigenvalue weighted by molar-refractivity contribution is 6.21. The Balaban J connectivity index is 4.25. The van der Waals surface area contributed by atoms with E-state index in [1.54, 1.807) is 0 Å². The molecule has 0 spiro atoms. The van der Waals surface area contributed by atoms with E-state index in [-0.39, 0.29) is 5.38 Å². The molecule has 176 valence electrons. The Bertz CT molecular complexity index is 671. The zero-order valence-electron chi connectivity index (χ0n) is 21.8. The first-order chi connectivity index (χ1) is 14.6. The Morgan fingerprint density at radius 2 is 0.871 bits per heavy atom. The van der Waals surface area contributed by atoms with Gasteiger partial charge in [-0.25, -0.2) is 0 Å². The second-order valence-electron chi connectivity index (χ2n) is 9.63. The van der Waals surface area contributed by atoms with Gasteiger partial charge in [-0.3, -0.25) is 0 Å². The third-order valence-corrected chi connectivity index (χ3v) is 5.71. The SMILES string of the molecule is CC(C)=CCCC(C)=CCCC(C)=CCC(Cl)C=C(C)CCC=C(C)CCC=C(C)C. The van der Waals surface area contributed by atoms with Crippen LogP contribution in [0.25, 0.3) is 0 Å². The maximum atomic E-state index is 6.57. The van der Waals surface area contributed by atoms with Crippen LogP contribution in [0.3, 0.4) is 0 Å². The van der Waals surface area contributed by atoms with E-state index in [1.807, 2.05) is 0 Å². The van der Waals surface area contributed by atoms with E-state index in [4.69, 9.17) is 11.6 Å². The highest BCUT2D eigenvalue weighted by atomic mass is 35.5. The highest BCUT2D eigenvalue weighted by Crippen LogP contribution is 2.17. The van der Waals surface area contributed by atoms with Gasteiger partial charge >= 0.3 is 0 Å². The van der Waals surface area contributed by atoms with Crippen LogP contribution in [0.2, 0.25) is 0 Å². The average molecular weight is 445 g/mol. The van der Waals surface area contributed by atoms with Gasteiger partial charge in [0.1, 0.15) is 0 Å². The number of alkyl halides is 1. The van der Waals surface area contributed by atoms with Gasteiger partial charge in [0, 0.05) is 0 Å². The zero-order chi connectivity index (χ0) is 23.6. The molecule has 1 atom stereocenters. The lowest BCUT2D eigenvalue weighted by Crippen LogP contribution is -1.94. The summed E-state index contributed by atoms with van der Waals surface area (Å²) in [6.45, 7) is 17.6. The van der Waals surface area contributed by atoms with Gasteiger partial charge in [-0.15, -0.1) is 11.6 Å². The van der Waals surface area contributed by atoms with Crippen molar-refractivity contribution in [2.75, 3.05) is 0 Å². The van der Waals surface area contributed by atoms with Crippen molar-refractivity contribution in [3.05, 3.63) is 69.9 Å². The molecule has 0 saturated carbocycles. The lowest BCUT2D eigenvalue weighted by Gasteiger charge is -2.06. The van der Waals surface area contributed by atoms with Gasteiger partial charge in [-0.05, 0) is 113 Å². The van der Waals surface area contributed by atoms with Crippen LogP contribution >= 0.6 is 11.6 Å². The summed E-state index contributed by atoms with van der Waals surface area (Å²) in [5.74, 6) is 0. The minimum absolute atomic E-state index is 0.0963. The molecule has 0 fully saturated rings. The summed E-state index contributed by atoms with van der Waals surface area (Å²) in [6, 6.07) is 0. The second kappa shape index (κ2) is 18.3. The predicted molar refractivity (Wildman–Crippen MR) is 145 cm³/mol. The van der Waals surface area contributed by atoms with E-state index in [0.29, 0.717) is 0 Å². The first-order valence-corrected chi connectivity index (χ1v) is 12.6. The van der Waals surface area contributed by atoms with E-state index < -0.39 is 0 Å². The first-order valence-electron chi connectivity index (χ1n) is 12.1. The van der Waals surface area contributed by atoms with Crippen molar-refractivity contribution in [2.45, 2.75) is 119 Å². The molecule has 0 saturated heterocycles. The van der Waals surface area contributed by atoms with E-state index >= 15 is 0 Å². The summed E-state index contributed by atoms with van der Waals surface area (Å²) in [4.78, 5) is 0. The van der Waals surface area contributed by atoms with Crippen molar-refractivity contribution in [1.29, 1.82) is 0 Å². The average Bonchev–Trinajstić information content (AvgIpc) is 2.65. The Morgan fingerprint density at radius 1 is 0.516 bits per heavy atom. The van der Waals surface area contributed by atoms with Gasteiger partial charge in [0.2, 0.25) is 0 Å². The molecular formula is C30H49Cl. The van der Waals surface area contributed by atoms with Crippen molar-refractivity contribution in [2.24, 2.45) is 0 Å². The fourth-order valence-corrected chi connectivity index (χ4v) is 3.65. The van der Waals surface area contributed by atoms with Crippen LogP contribution in [0, 0.1) is 0 Å². The molecule has 0 aromatic heterocycles. The van der Waals surface area contributed by atoms with E-state index in [0.717, 1.165) is 44.9 Å². The number of hydrogen-bond donors (Lipinski definition) is 0. The quantitative estimate of drug-likeness (QED) is 0.174. The van der Waals surface area contributed by atoms with Crippen molar-refractivity contribution >= 4 is 11.6 Å². The van der Waals surface area contributed by atoms with Crippen LogP contribution in [0.1, 0.15) is 113 Å². The van der Waals surface area contributed by atoms with Gasteiger partial charge in [-0.2, -0.15) is 0 Å². The number of halogens is 1.